The topological polar surface area (TPSA) is 30.0 Å². The molecule has 2 nitrogen and oxygen atoms in total. The van der Waals surface area contributed by atoms with Gasteiger partial charge in [-0.2, -0.15) is 0 Å². The maximum absolute atomic E-state index is 10.4. The molecule has 1 aromatic heterocycles. The first-order chi connectivity index (χ1) is 5.72. The van der Waals surface area contributed by atoms with E-state index in [0.29, 0.717) is 11.5 Å². The van der Waals surface area contributed by atoms with Crippen molar-refractivity contribution in [2.24, 2.45) is 5.92 Å². The van der Waals surface area contributed by atoms with E-state index in [-0.39, 0.29) is 0 Å². The van der Waals surface area contributed by atoms with Crippen LogP contribution in [0.2, 0.25) is 0 Å². The minimum absolute atomic E-state index is 0.605. The van der Waals surface area contributed by atoms with Gasteiger partial charge in [0.15, 0.2) is 6.29 Å². The molecule has 0 saturated carbocycles. The Labute approximate surface area is 72.6 Å². The van der Waals surface area contributed by atoms with Gasteiger partial charge < -0.3 is 0 Å². The predicted molar refractivity (Wildman–Crippen MR) is 48.2 cm³/mol. The molecule has 0 aliphatic rings. The molecule has 12 heavy (non-hydrogen) atoms. The van der Waals surface area contributed by atoms with Crippen molar-refractivity contribution in [1.82, 2.24) is 4.98 Å². The highest BCUT2D eigenvalue weighted by molar-refractivity contribution is 5.74. The molecule has 0 fully saturated rings. The average Bonchev–Trinajstić information content (AvgIpc) is 2.03. The predicted octanol–water partition coefficient (Wildman–Crippen LogP) is 2.09. The van der Waals surface area contributed by atoms with Crippen molar-refractivity contribution >= 4 is 6.29 Å². The zero-order valence-corrected chi connectivity index (χ0v) is 7.45. The van der Waals surface area contributed by atoms with Gasteiger partial charge in [-0.25, -0.2) is 0 Å². The van der Waals surface area contributed by atoms with Crippen molar-refractivity contribution in [3.8, 4) is 0 Å². The Morgan fingerprint density at radius 2 is 2.25 bits per heavy atom. The first-order valence-corrected chi connectivity index (χ1v) is 4.11. The van der Waals surface area contributed by atoms with Gasteiger partial charge >= 0.3 is 0 Å². The van der Waals surface area contributed by atoms with Crippen LogP contribution >= 0.6 is 0 Å². The SMILES string of the molecule is CC(C)Cc1cncc(C=O)c1. The molecule has 0 saturated heterocycles. The van der Waals surface area contributed by atoms with E-state index in [1.165, 1.54) is 0 Å². The van der Waals surface area contributed by atoms with E-state index in [1.54, 1.807) is 6.20 Å². The number of hydrogen-bond acceptors (Lipinski definition) is 2. The van der Waals surface area contributed by atoms with E-state index < -0.39 is 0 Å². The lowest BCUT2D eigenvalue weighted by atomic mass is 10.0. The first kappa shape index (κ1) is 8.91. The quantitative estimate of drug-likeness (QED) is 0.639. The maximum Gasteiger partial charge on any atom is 0.151 e. The number of nitrogens with zero attached hydrogens (tertiary/aromatic N) is 1. The molecule has 0 bridgehead atoms. The molecule has 0 aliphatic carbocycles. The Morgan fingerprint density at radius 3 is 2.83 bits per heavy atom. The third-order valence-corrected chi connectivity index (χ3v) is 1.60. The fourth-order valence-corrected chi connectivity index (χ4v) is 1.16. The Hall–Kier alpha value is -1.18. The Morgan fingerprint density at radius 1 is 1.50 bits per heavy atom. The summed E-state index contributed by atoms with van der Waals surface area (Å²) in [5.74, 6) is 0.605. The van der Waals surface area contributed by atoms with E-state index in [0.717, 1.165) is 18.3 Å². The molecule has 1 rings (SSSR count). The van der Waals surface area contributed by atoms with E-state index in [2.05, 4.69) is 18.8 Å². The van der Waals surface area contributed by atoms with Crippen LogP contribution in [0.3, 0.4) is 0 Å². The van der Waals surface area contributed by atoms with Crippen molar-refractivity contribution in [1.29, 1.82) is 0 Å². The normalized spacial score (nSPS) is 10.2. The fraction of sp³-hybridized carbons (Fsp3) is 0.400. The summed E-state index contributed by atoms with van der Waals surface area (Å²) >= 11 is 0. The molecule has 0 spiro atoms. The van der Waals surface area contributed by atoms with Gasteiger partial charge in [0.1, 0.15) is 0 Å². The van der Waals surface area contributed by atoms with Crippen LogP contribution in [-0.4, -0.2) is 11.3 Å². The Kier molecular flexibility index (Phi) is 2.97. The molecule has 2 heteroatoms. The van der Waals surface area contributed by atoms with E-state index in [1.807, 2.05) is 12.3 Å². The molecule has 1 heterocycles. The summed E-state index contributed by atoms with van der Waals surface area (Å²) in [7, 11) is 0. The number of pyridine rings is 1. The molecule has 0 unspecified atom stereocenters. The van der Waals surface area contributed by atoms with Crippen LogP contribution in [0.4, 0.5) is 0 Å². The first-order valence-electron chi connectivity index (χ1n) is 4.11. The number of carbonyl (C=O) groups excluding carboxylic acids is 1. The van der Waals surface area contributed by atoms with Crippen molar-refractivity contribution in [3.63, 3.8) is 0 Å². The number of hydrogen-bond donors (Lipinski definition) is 0. The lowest BCUT2D eigenvalue weighted by Gasteiger charge is -2.03. The summed E-state index contributed by atoms with van der Waals surface area (Å²) in [5.41, 5.74) is 1.79. The van der Waals surface area contributed by atoms with Crippen LogP contribution in [0, 0.1) is 5.92 Å². The summed E-state index contributed by atoms with van der Waals surface area (Å²) in [5, 5.41) is 0. The second kappa shape index (κ2) is 4.00. The van der Waals surface area contributed by atoms with Crippen LogP contribution in [0.1, 0.15) is 29.8 Å². The van der Waals surface area contributed by atoms with E-state index >= 15 is 0 Å². The number of aromatic nitrogens is 1. The van der Waals surface area contributed by atoms with Crippen molar-refractivity contribution < 1.29 is 4.79 Å². The van der Waals surface area contributed by atoms with Crippen molar-refractivity contribution in [2.75, 3.05) is 0 Å². The zero-order valence-electron chi connectivity index (χ0n) is 7.45. The van der Waals surface area contributed by atoms with Crippen LogP contribution in [0.15, 0.2) is 18.5 Å². The molecule has 64 valence electrons. The third kappa shape index (κ3) is 2.46. The lowest BCUT2D eigenvalue weighted by Crippen LogP contribution is -1.95. The average molecular weight is 163 g/mol. The Bertz CT molecular complexity index is 268. The van der Waals surface area contributed by atoms with Gasteiger partial charge in [0.25, 0.3) is 0 Å². The third-order valence-electron chi connectivity index (χ3n) is 1.60. The molecule has 0 radical (unpaired) electrons. The molecule has 1 aromatic rings. The van der Waals surface area contributed by atoms with Gasteiger partial charge in [-0.3, -0.25) is 9.78 Å². The van der Waals surface area contributed by atoms with Crippen molar-refractivity contribution in [3.05, 3.63) is 29.6 Å². The van der Waals surface area contributed by atoms with Gasteiger partial charge in [-0.15, -0.1) is 0 Å². The standard InChI is InChI=1S/C10H13NO/c1-8(2)3-9-4-10(7-12)6-11-5-9/h4-8H,3H2,1-2H3. The minimum atomic E-state index is 0.605. The monoisotopic (exact) mass is 163 g/mol. The van der Waals surface area contributed by atoms with Crippen LogP contribution in [-0.2, 0) is 6.42 Å². The van der Waals surface area contributed by atoms with E-state index in [9.17, 15) is 4.79 Å². The second-order valence-corrected chi connectivity index (χ2v) is 3.34. The maximum atomic E-state index is 10.4. The molecular weight excluding hydrogens is 150 g/mol. The fourth-order valence-electron chi connectivity index (χ4n) is 1.16. The van der Waals surface area contributed by atoms with E-state index in [4.69, 9.17) is 0 Å². The highest BCUT2D eigenvalue weighted by atomic mass is 16.1. The number of aldehydes is 1. The van der Waals surface area contributed by atoms with Gasteiger partial charge in [-0.05, 0) is 24.0 Å². The smallest absolute Gasteiger partial charge is 0.151 e. The highest BCUT2D eigenvalue weighted by Crippen LogP contribution is 2.07. The van der Waals surface area contributed by atoms with Crippen molar-refractivity contribution in [2.45, 2.75) is 20.3 Å². The van der Waals surface area contributed by atoms with Crippen LogP contribution in [0.25, 0.3) is 0 Å². The highest BCUT2D eigenvalue weighted by Gasteiger charge is 1.98. The summed E-state index contributed by atoms with van der Waals surface area (Å²) in [4.78, 5) is 14.4. The minimum Gasteiger partial charge on any atom is -0.298 e. The summed E-state index contributed by atoms with van der Waals surface area (Å²) in [6, 6.07) is 1.89. The molecule has 0 aromatic carbocycles. The van der Waals surface area contributed by atoms with Gasteiger partial charge in [-0.1, -0.05) is 13.8 Å². The molecule has 0 atom stereocenters. The van der Waals surface area contributed by atoms with Crippen LogP contribution < -0.4 is 0 Å². The summed E-state index contributed by atoms with van der Waals surface area (Å²) < 4.78 is 0. The Balaban J connectivity index is 2.79. The lowest BCUT2D eigenvalue weighted by molar-refractivity contribution is 0.112. The van der Waals surface area contributed by atoms with Gasteiger partial charge in [0.2, 0.25) is 0 Å². The van der Waals surface area contributed by atoms with Gasteiger partial charge in [0.05, 0.1) is 0 Å². The number of carbonyl (C=O) groups is 1. The number of rotatable bonds is 3. The molecular formula is C10H13NO. The summed E-state index contributed by atoms with van der Waals surface area (Å²) in [6.07, 6.45) is 5.20. The largest absolute Gasteiger partial charge is 0.298 e. The second-order valence-electron chi connectivity index (χ2n) is 3.34. The summed E-state index contributed by atoms with van der Waals surface area (Å²) in [6.45, 7) is 4.29. The molecule has 0 N–H and O–H groups in total. The zero-order chi connectivity index (χ0) is 8.97. The van der Waals surface area contributed by atoms with Crippen LogP contribution in [0.5, 0.6) is 0 Å². The van der Waals surface area contributed by atoms with Gasteiger partial charge in [0, 0.05) is 18.0 Å². The molecule has 0 aliphatic heterocycles. The molecule has 0 amide bonds.